The fraction of sp³-hybridized carbons (Fsp3) is 0.923. The molecular weight excluding hydrogens is 198 g/mol. The van der Waals surface area contributed by atoms with E-state index in [1.807, 2.05) is 14.0 Å². The first kappa shape index (κ1) is 13.5. The molecule has 0 aromatic rings. The summed E-state index contributed by atoms with van der Waals surface area (Å²) in [5.41, 5.74) is -0.346. The van der Waals surface area contributed by atoms with Crippen LogP contribution in [-0.2, 0) is 0 Å². The van der Waals surface area contributed by atoms with E-state index in [0.29, 0.717) is 0 Å². The monoisotopic (exact) mass is 223 g/mol. The molecule has 1 aliphatic heterocycles. The highest BCUT2D eigenvalue weighted by Gasteiger charge is 2.21. The number of nitriles is 1. The molecule has 1 saturated heterocycles. The molecule has 3 nitrogen and oxygen atoms in total. The Balaban J connectivity index is 2.22. The molecule has 0 aromatic heterocycles. The number of rotatable bonds is 5. The van der Waals surface area contributed by atoms with Crippen molar-refractivity contribution in [3.63, 3.8) is 0 Å². The Hall–Kier alpha value is -0.590. The Kier molecular flexibility index (Phi) is 5.24. The number of hydrogen-bond acceptors (Lipinski definition) is 3. The van der Waals surface area contributed by atoms with Crippen LogP contribution in [-0.4, -0.2) is 37.1 Å². The van der Waals surface area contributed by atoms with Crippen molar-refractivity contribution < 1.29 is 0 Å². The SMILES string of the molecule is CNC(C)(C#N)CCCN1CCCC(C)C1. The Morgan fingerprint density at radius 1 is 1.56 bits per heavy atom. The van der Waals surface area contributed by atoms with E-state index in [4.69, 9.17) is 5.26 Å². The van der Waals surface area contributed by atoms with Crippen LogP contribution in [0.2, 0.25) is 0 Å². The molecule has 16 heavy (non-hydrogen) atoms. The van der Waals surface area contributed by atoms with Gasteiger partial charge in [0.15, 0.2) is 0 Å². The quantitative estimate of drug-likeness (QED) is 0.775. The minimum atomic E-state index is -0.346. The maximum Gasteiger partial charge on any atom is 0.103 e. The van der Waals surface area contributed by atoms with Gasteiger partial charge < -0.3 is 10.2 Å². The molecule has 0 aliphatic carbocycles. The molecule has 1 heterocycles. The highest BCUT2D eigenvalue weighted by molar-refractivity contribution is 5.02. The molecule has 0 aromatic carbocycles. The van der Waals surface area contributed by atoms with Crippen LogP contribution in [0, 0.1) is 17.2 Å². The molecule has 2 unspecified atom stereocenters. The molecule has 92 valence electrons. The van der Waals surface area contributed by atoms with E-state index in [1.54, 1.807) is 0 Å². The number of piperidine rings is 1. The third-order valence-corrected chi connectivity index (χ3v) is 3.69. The maximum absolute atomic E-state index is 9.04. The van der Waals surface area contributed by atoms with E-state index in [2.05, 4.69) is 23.2 Å². The molecule has 0 saturated carbocycles. The Morgan fingerprint density at radius 2 is 2.31 bits per heavy atom. The lowest BCUT2D eigenvalue weighted by atomic mass is 9.96. The van der Waals surface area contributed by atoms with Gasteiger partial charge in [0.1, 0.15) is 5.54 Å². The van der Waals surface area contributed by atoms with Crippen LogP contribution in [0.25, 0.3) is 0 Å². The molecule has 1 rings (SSSR count). The average molecular weight is 223 g/mol. The molecule has 0 amide bonds. The summed E-state index contributed by atoms with van der Waals surface area (Å²) < 4.78 is 0. The first-order valence-electron chi connectivity index (χ1n) is 6.42. The van der Waals surface area contributed by atoms with E-state index in [9.17, 15) is 0 Å². The van der Waals surface area contributed by atoms with Crippen molar-refractivity contribution in [2.24, 2.45) is 5.92 Å². The second kappa shape index (κ2) is 6.22. The summed E-state index contributed by atoms with van der Waals surface area (Å²) in [6.07, 6.45) is 4.76. The second-order valence-electron chi connectivity index (χ2n) is 5.35. The van der Waals surface area contributed by atoms with E-state index >= 15 is 0 Å². The molecule has 0 spiro atoms. The number of likely N-dealkylation sites (tertiary alicyclic amines) is 1. The predicted molar refractivity (Wildman–Crippen MR) is 67.1 cm³/mol. The van der Waals surface area contributed by atoms with Gasteiger partial charge in [0.25, 0.3) is 0 Å². The van der Waals surface area contributed by atoms with Gasteiger partial charge in [0, 0.05) is 6.54 Å². The summed E-state index contributed by atoms with van der Waals surface area (Å²) in [6.45, 7) is 7.93. The average Bonchev–Trinajstić information content (AvgIpc) is 2.29. The van der Waals surface area contributed by atoms with E-state index in [0.717, 1.165) is 25.3 Å². The maximum atomic E-state index is 9.04. The van der Waals surface area contributed by atoms with Gasteiger partial charge in [-0.3, -0.25) is 0 Å². The fourth-order valence-corrected chi connectivity index (χ4v) is 2.38. The zero-order valence-electron chi connectivity index (χ0n) is 10.9. The van der Waals surface area contributed by atoms with Gasteiger partial charge in [-0.25, -0.2) is 0 Å². The van der Waals surface area contributed by atoms with Crippen molar-refractivity contribution >= 4 is 0 Å². The molecule has 2 atom stereocenters. The van der Waals surface area contributed by atoms with Crippen LogP contribution in [0.4, 0.5) is 0 Å². The largest absolute Gasteiger partial charge is 0.303 e. The number of hydrogen-bond donors (Lipinski definition) is 1. The van der Waals surface area contributed by atoms with Gasteiger partial charge in [-0.2, -0.15) is 5.26 Å². The molecule has 0 bridgehead atoms. The number of nitrogens with zero attached hydrogens (tertiary/aromatic N) is 2. The smallest absolute Gasteiger partial charge is 0.103 e. The summed E-state index contributed by atoms with van der Waals surface area (Å²) in [5, 5.41) is 12.1. The summed E-state index contributed by atoms with van der Waals surface area (Å²) >= 11 is 0. The molecule has 0 radical (unpaired) electrons. The third-order valence-electron chi connectivity index (χ3n) is 3.69. The fourth-order valence-electron chi connectivity index (χ4n) is 2.38. The normalized spacial score (nSPS) is 26.0. The summed E-state index contributed by atoms with van der Waals surface area (Å²) in [7, 11) is 1.87. The Labute approximate surface area is 99.8 Å². The highest BCUT2D eigenvalue weighted by Crippen LogP contribution is 2.17. The zero-order chi connectivity index (χ0) is 12.0. The van der Waals surface area contributed by atoms with Crippen LogP contribution < -0.4 is 5.32 Å². The first-order chi connectivity index (χ1) is 7.59. The summed E-state index contributed by atoms with van der Waals surface area (Å²) in [6, 6.07) is 2.34. The standard InChI is InChI=1S/C13H25N3/c1-12-6-4-8-16(10-12)9-5-7-13(2,11-14)15-3/h12,15H,4-10H2,1-3H3. The van der Waals surface area contributed by atoms with Gasteiger partial charge in [-0.15, -0.1) is 0 Å². The highest BCUT2D eigenvalue weighted by atomic mass is 15.1. The lowest BCUT2D eigenvalue weighted by Gasteiger charge is -2.31. The van der Waals surface area contributed by atoms with Crippen molar-refractivity contribution in [3.8, 4) is 6.07 Å². The zero-order valence-corrected chi connectivity index (χ0v) is 10.9. The molecular formula is C13H25N3. The van der Waals surface area contributed by atoms with Gasteiger partial charge in [0.2, 0.25) is 0 Å². The summed E-state index contributed by atoms with van der Waals surface area (Å²) in [4.78, 5) is 2.54. The lowest BCUT2D eigenvalue weighted by Crippen LogP contribution is -2.40. The van der Waals surface area contributed by atoms with Crippen molar-refractivity contribution in [1.29, 1.82) is 5.26 Å². The Morgan fingerprint density at radius 3 is 2.88 bits per heavy atom. The van der Waals surface area contributed by atoms with Crippen molar-refractivity contribution in [1.82, 2.24) is 10.2 Å². The molecule has 1 N–H and O–H groups in total. The first-order valence-corrected chi connectivity index (χ1v) is 6.42. The number of nitrogens with one attached hydrogen (secondary N) is 1. The summed E-state index contributed by atoms with van der Waals surface area (Å²) in [5.74, 6) is 0.848. The van der Waals surface area contributed by atoms with Gasteiger partial charge in [0.05, 0.1) is 6.07 Å². The van der Waals surface area contributed by atoms with Crippen molar-refractivity contribution in [2.75, 3.05) is 26.7 Å². The van der Waals surface area contributed by atoms with E-state index < -0.39 is 0 Å². The third kappa shape index (κ3) is 4.11. The van der Waals surface area contributed by atoms with Crippen LogP contribution in [0.15, 0.2) is 0 Å². The van der Waals surface area contributed by atoms with Crippen LogP contribution in [0.5, 0.6) is 0 Å². The predicted octanol–water partition coefficient (Wildman–Crippen LogP) is 2.00. The van der Waals surface area contributed by atoms with Crippen molar-refractivity contribution in [2.45, 2.75) is 45.1 Å². The second-order valence-corrected chi connectivity index (χ2v) is 5.35. The van der Waals surface area contributed by atoms with E-state index in [1.165, 1.54) is 25.9 Å². The van der Waals surface area contributed by atoms with Crippen LogP contribution in [0.1, 0.15) is 39.5 Å². The minimum absolute atomic E-state index is 0.346. The lowest BCUT2D eigenvalue weighted by molar-refractivity contribution is 0.177. The van der Waals surface area contributed by atoms with Crippen LogP contribution in [0.3, 0.4) is 0 Å². The minimum Gasteiger partial charge on any atom is -0.303 e. The van der Waals surface area contributed by atoms with Crippen molar-refractivity contribution in [3.05, 3.63) is 0 Å². The molecule has 1 aliphatic rings. The van der Waals surface area contributed by atoms with Gasteiger partial charge in [-0.05, 0) is 58.7 Å². The Bertz CT molecular complexity index is 246. The van der Waals surface area contributed by atoms with Gasteiger partial charge >= 0.3 is 0 Å². The molecule has 3 heteroatoms. The molecule has 1 fully saturated rings. The van der Waals surface area contributed by atoms with E-state index in [-0.39, 0.29) is 5.54 Å². The topological polar surface area (TPSA) is 39.1 Å². The van der Waals surface area contributed by atoms with Gasteiger partial charge in [-0.1, -0.05) is 6.92 Å². The van der Waals surface area contributed by atoms with Crippen LogP contribution >= 0.6 is 0 Å².